The minimum Gasteiger partial charge on any atom is -0.491 e. The van der Waals surface area contributed by atoms with E-state index in [-0.39, 0.29) is 31.6 Å². The smallest absolute Gasteiger partial charge is 0.416 e. The number of ether oxygens (including phenoxy) is 2. The number of halogens is 3. The first-order valence-corrected chi connectivity index (χ1v) is 15.2. The number of nitrogens with zero attached hydrogens (tertiary/aromatic N) is 1. The molecule has 0 radical (unpaired) electrons. The zero-order chi connectivity index (χ0) is 34.6. The second-order valence-electron chi connectivity index (χ2n) is 11.4. The van der Waals surface area contributed by atoms with Crippen molar-refractivity contribution in [3.63, 3.8) is 0 Å². The fourth-order valence-corrected chi connectivity index (χ4v) is 5.16. The van der Waals surface area contributed by atoms with E-state index in [0.29, 0.717) is 25.0 Å². The molecule has 1 aromatic carbocycles. The quantitative estimate of drug-likeness (QED) is 0.0830. The Kier molecular flexibility index (Phi) is 14.0. The molecule has 0 spiro atoms. The van der Waals surface area contributed by atoms with Crippen LogP contribution in [0.15, 0.2) is 61.1 Å². The highest BCUT2D eigenvalue weighted by molar-refractivity contribution is 5.87. The molecule has 1 saturated carbocycles. The minimum atomic E-state index is -4.55. The number of H-pyrrole nitrogens is 1. The van der Waals surface area contributed by atoms with Crippen LogP contribution in [0.5, 0.6) is 5.75 Å². The van der Waals surface area contributed by atoms with Gasteiger partial charge in [0, 0.05) is 43.0 Å². The predicted molar refractivity (Wildman–Crippen MR) is 163 cm³/mol. The standard InChI is InChI=1S/C32H41F3N4O8/c1-19(36)30(44)39-26(14-21-16-37-18-38-21)31(45)47-28-15-27(41)24(25(28)9-4-2-3-5-10-29(42)43)12-11-22(40)17-46-23-8-6-7-20(13-23)32(33,34)35/h2,4,6-8,11-13,16,18-19,22,24-28,40-41H,3,5,9-10,14-15,17,36H2,1H3,(H,37,38)(H,39,44)(H,42,43)/b4-2-,12-11+/t19?,22?,24-,25-,26?,27-,28+/m1/s1. The summed E-state index contributed by atoms with van der Waals surface area (Å²) in [4.78, 5) is 43.4. The number of hydrogen-bond acceptors (Lipinski definition) is 9. The summed E-state index contributed by atoms with van der Waals surface area (Å²) in [5.74, 6) is -3.39. The SMILES string of the molecule is CC(N)C(=O)NC(Cc1cnc[nH]1)C(=O)O[C@H]1C[C@@H](O)[C@H](/C=C/C(O)COc2cccc(C(F)(F)F)c2)[C@H]1C/C=C\CCCC(=O)O. The highest BCUT2D eigenvalue weighted by Gasteiger charge is 2.43. The molecule has 47 heavy (non-hydrogen) atoms. The lowest BCUT2D eigenvalue weighted by molar-refractivity contribution is -0.155. The summed E-state index contributed by atoms with van der Waals surface area (Å²) in [5.41, 5.74) is 5.35. The lowest BCUT2D eigenvalue weighted by Crippen LogP contribution is -2.49. The molecule has 1 heterocycles. The van der Waals surface area contributed by atoms with E-state index in [1.807, 2.05) is 0 Å². The van der Waals surface area contributed by atoms with Gasteiger partial charge in [0.05, 0.1) is 24.0 Å². The Labute approximate surface area is 269 Å². The zero-order valence-electron chi connectivity index (χ0n) is 25.8. The predicted octanol–water partition coefficient (Wildman–Crippen LogP) is 2.91. The number of rotatable bonds is 17. The number of aliphatic hydroxyl groups is 2. The number of aliphatic carboxylic acids is 1. The zero-order valence-corrected chi connectivity index (χ0v) is 25.8. The number of benzene rings is 1. The van der Waals surface area contributed by atoms with Crippen molar-refractivity contribution in [1.82, 2.24) is 15.3 Å². The van der Waals surface area contributed by atoms with Crippen molar-refractivity contribution in [2.45, 2.75) is 82.0 Å². The van der Waals surface area contributed by atoms with Crippen molar-refractivity contribution >= 4 is 17.8 Å². The molecule has 0 saturated heterocycles. The van der Waals surface area contributed by atoms with Gasteiger partial charge in [0.2, 0.25) is 5.91 Å². The molecular formula is C32H41F3N4O8. The van der Waals surface area contributed by atoms with E-state index < -0.39 is 71.8 Å². The molecule has 0 aliphatic heterocycles. The number of carbonyl (C=O) groups excluding carboxylic acids is 2. The number of nitrogens with two attached hydrogens (primary N) is 1. The molecule has 1 aliphatic carbocycles. The maximum Gasteiger partial charge on any atom is 0.416 e. The van der Waals surface area contributed by atoms with Crippen molar-refractivity contribution < 1.29 is 52.3 Å². The third kappa shape index (κ3) is 12.2. The Hall–Kier alpha value is -4.21. The van der Waals surface area contributed by atoms with E-state index in [1.54, 1.807) is 18.2 Å². The largest absolute Gasteiger partial charge is 0.491 e. The van der Waals surface area contributed by atoms with E-state index in [4.69, 9.17) is 20.3 Å². The summed E-state index contributed by atoms with van der Waals surface area (Å²) in [5, 5.41) is 32.9. The Morgan fingerprint density at radius 2 is 2.02 bits per heavy atom. The van der Waals surface area contributed by atoms with Gasteiger partial charge in [-0.25, -0.2) is 9.78 Å². The van der Waals surface area contributed by atoms with Crippen LogP contribution in [0.2, 0.25) is 0 Å². The first-order chi connectivity index (χ1) is 22.2. The Morgan fingerprint density at radius 3 is 2.68 bits per heavy atom. The number of hydrogen-bond donors (Lipinski definition) is 6. The number of esters is 1. The van der Waals surface area contributed by atoms with Crippen molar-refractivity contribution in [2.24, 2.45) is 17.6 Å². The van der Waals surface area contributed by atoms with Crippen molar-refractivity contribution in [3.8, 4) is 5.75 Å². The van der Waals surface area contributed by atoms with E-state index in [9.17, 15) is 37.8 Å². The lowest BCUT2D eigenvalue weighted by atomic mass is 9.89. The van der Waals surface area contributed by atoms with Crippen molar-refractivity contribution in [3.05, 3.63) is 72.4 Å². The number of unbranched alkanes of at least 4 members (excludes halogenated alkanes) is 1. The number of nitrogens with one attached hydrogen (secondary N) is 2. The van der Waals surface area contributed by atoms with E-state index >= 15 is 0 Å². The maximum atomic E-state index is 13.4. The fraction of sp³-hybridized carbons (Fsp3) is 0.500. The molecule has 1 aromatic heterocycles. The number of aliphatic hydroxyl groups excluding tert-OH is 2. The average Bonchev–Trinajstić information content (AvgIpc) is 3.62. The van der Waals surface area contributed by atoms with Crippen molar-refractivity contribution in [1.29, 1.82) is 0 Å². The highest BCUT2D eigenvalue weighted by Crippen LogP contribution is 2.39. The summed E-state index contributed by atoms with van der Waals surface area (Å²) in [6.45, 7) is 1.11. The van der Waals surface area contributed by atoms with Crippen LogP contribution in [0, 0.1) is 11.8 Å². The number of allylic oxidation sites excluding steroid dienone is 2. The summed E-state index contributed by atoms with van der Waals surface area (Å²) in [6.07, 6.45) is 3.20. The van der Waals surface area contributed by atoms with Gasteiger partial charge < -0.3 is 40.8 Å². The fourth-order valence-electron chi connectivity index (χ4n) is 5.16. The van der Waals surface area contributed by atoms with Gasteiger partial charge in [-0.15, -0.1) is 0 Å². The Balaban J connectivity index is 1.73. The van der Waals surface area contributed by atoms with Gasteiger partial charge in [-0.05, 0) is 44.4 Å². The lowest BCUT2D eigenvalue weighted by Gasteiger charge is -2.25. The van der Waals surface area contributed by atoms with Crippen LogP contribution in [0.25, 0.3) is 0 Å². The third-order valence-electron chi connectivity index (χ3n) is 7.62. The van der Waals surface area contributed by atoms with Gasteiger partial charge in [-0.2, -0.15) is 13.2 Å². The van der Waals surface area contributed by atoms with Crippen LogP contribution in [0.3, 0.4) is 0 Å². The van der Waals surface area contributed by atoms with Crippen molar-refractivity contribution in [2.75, 3.05) is 6.61 Å². The second-order valence-corrected chi connectivity index (χ2v) is 11.4. The third-order valence-corrected chi connectivity index (χ3v) is 7.62. The number of carboxylic acid groups (broad SMARTS) is 1. The van der Waals surface area contributed by atoms with Crippen LogP contribution in [-0.4, -0.2) is 80.1 Å². The van der Waals surface area contributed by atoms with Crippen LogP contribution >= 0.6 is 0 Å². The number of amides is 1. The van der Waals surface area contributed by atoms with Crippen LogP contribution in [0.1, 0.15) is 50.3 Å². The Morgan fingerprint density at radius 1 is 1.26 bits per heavy atom. The number of aromatic nitrogens is 2. The van der Waals surface area contributed by atoms with E-state index in [1.165, 1.54) is 37.7 Å². The molecule has 0 bridgehead atoms. The molecule has 3 unspecified atom stereocenters. The molecule has 258 valence electrons. The first-order valence-electron chi connectivity index (χ1n) is 15.2. The van der Waals surface area contributed by atoms with Gasteiger partial charge in [0.1, 0.15) is 30.6 Å². The number of aromatic amines is 1. The van der Waals surface area contributed by atoms with Crippen LogP contribution in [0.4, 0.5) is 13.2 Å². The minimum absolute atomic E-state index is 0.00337. The van der Waals surface area contributed by atoms with Gasteiger partial charge in [-0.3, -0.25) is 9.59 Å². The summed E-state index contributed by atoms with van der Waals surface area (Å²) >= 11 is 0. The molecule has 15 heteroatoms. The Bertz CT molecular complexity index is 1370. The van der Waals surface area contributed by atoms with Crippen LogP contribution in [-0.2, 0) is 31.7 Å². The van der Waals surface area contributed by atoms with Crippen LogP contribution < -0.4 is 15.8 Å². The molecule has 2 aromatic rings. The molecule has 1 aliphatic rings. The molecule has 3 rings (SSSR count). The van der Waals surface area contributed by atoms with Gasteiger partial charge in [0.15, 0.2) is 0 Å². The number of imidazole rings is 1. The first kappa shape index (κ1) is 37.2. The molecule has 7 N–H and O–H groups in total. The monoisotopic (exact) mass is 666 g/mol. The molecular weight excluding hydrogens is 625 g/mol. The molecule has 12 nitrogen and oxygen atoms in total. The second kappa shape index (κ2) is 17.6. The maximum absolute atomic E-state index is 13.4. The normalized spacial score (nSPS) is 21.9. The molecule has 1 amide bonds. The summed E-state index contributed by atoms with van der Waals surface area (Å²) in [6, 6.07) is 2.25. The number of alkyl halides is 3. The average molecular weight is 667 g/mol. The molecule has 1 fully saturated rings. The number of carbonyl (C=O) groups is 3. The molecule has 7 atom stereocenters. The summed E-state index contributed by atoms with van der Waals surface area (Å²) < 4.78 is 50.3. The van der Waals surface area contributed by atoms with E-state index in [2.05, 4.69) is 15.3 Å². The van der Waals surface area contributed by atoms with E-state index in [0.717, 1.165) is 12.1 Å². The number of carboxylic acids is 1. The van der Waals surface area contributed by atoms with Gasteiger partial charge in [-0.1, -0.05) is 30.4 Å². The van der Waals surface area contributed by atoms with Gasteiger partial charge in [0.25, 0.3) is 0 Å². The topological polar surface area (TPSA) is 197 Å². The van der Waals surface area contributed by atoms with Gasteiger partial charge >= 0.3 is 18.1 Å². The summed E-state index contributed by atoms with van der Waals surface area (Å²) in [7, 11) is 0. The highest BCUT2D eigenvalue weighted by atomic mass is 19.4.